The normalized spacial score (nSPS) is 11.5. The van der Waals surface area contributed by atoms with Crippen molar-refractivity contribution in [2.45, 2.75) is 60.8 Å². The van der Waals surface area contributed by atoms with Crippen LogP contribution in [0.1, 0.15) is 73.9 Å². The van der Waals surface area contributed by atoms with E-state index in [1.807, 2.05) is 32.9 Å². The Hall–Kier alpha value is -6.65. The fourth-order valence-electron chi connectivity index (χ4n) is 5.90. The van der Waals surface area contributed by atoms with Crippen LogP contribution in [0.2, 0.25) is 0 Å². The Morgan fingerprint density at radius 3 is 1.87 bits per heavy atom. The minimum Gasteiger partial charge on any atom is -0.494 e. The molecule has 4 N–H and O–H groups in total. The number of nitrogens with one attached hydrogen (secondary N) is 2. The lowest BCUT2D eigenvalue weighted by molar-refractivity contribution is 0.0994. The maximum atomic E-state index is 13.5. The zero-order valence-electron chi connectivity index (χ0n) is 29.6. The molecule has 0 saturated carbocycles. The quantitative estimate of drug-likeness (QED) is 0.116. The van der Waals surface area contributed by atoms with Crippen molar-refractivity contribution < 1.29 is 23.9 Å². The van der Waals surface area contributed by atoms with E-state index >= 15 is 0 Å². The van der Waals surface area contributed by atoms with Crippen molar-refractivity contribution in [3.63, 3.8) is 0 Å². The SMILES string of the molecule is CCn1nc(C)cc1C(=O)Nc1nc2cc(C(C)=O)cnc2n1C/C=C/Cn1c(NC(=O)c2cc(C)nn2CC)nc2cc(C(N)=O)cc(OC)c21. The molecule has 1 aromatic carbocycles. The number of carbonyl (C=O) groups excluding carboxylic acids is 4. The van der Waals surface area contributed by atoms with E-state index in [0.29, 0.717) is 69.4 Å². The highest BCUT2D eigenvalue weighted by molar-refractivity contribution is 6.05. The highest BCUT2D eigenvalue weighted by atomic mass is 16.5. The largest absolute Gasteiger partial charge is 0.494 e. The zero-order valence-corrected chi connectivity index (χ0v) is 29.6. The van der Waals surface area contributed by atoms with Crippen LogP contribution in [0.15, 0.2) is 48.7 Å². The summed E-state index contributed by atoms with van der Waals surface area (Å²) in [5.74, 6) is -0.881. The molecule has 0 aliphatic heterocycles. The Morgan fingerprint density at radius 2 is 1.33 bits per heavy atom. The van der Waals surface area contributed by atoms with Gasteiger partial charge in [-0.05, 0) is 65.0 Å². The van der Waals surface area contributed by atoms with Crippen LogP contribution in [-0.4, -0.2) is 74.3 Å². The third-order valence-corrected chi connectivity index (χ3v) is 8.36. The van der Waals surface area contributed by atoms with Crippen molar-refractivity contribution in [2.75, 3.05) is 17.7 Å². The smallest absolute Gasteiger partial charge is 0.276 e. The van der Waals surface area contributed by atoms with E-state index < -0.39 is 17.7 Å². The third-order valence-electron chi connectivity index (χ3n) is 8.36. The highest BCUT2D eigenvalue weighted by Crippen LogP contribution is 2.31. The van der Waals surface area contributed by atoms with Gasteiger partial charge in [0, 0.05) is 43.5 Å². The van der Waals surface area contributed by atoms with E-state index in [2.05, 4.69) is 35.8 Å². The Balaban J connectivity index is 1.36. The number of fused-ring (bicyclic) bond motifs is 2. The molecule has 5 heterocycles. The van der Waals surface area contributed by atoms with Crippen molar-refractivity contribution in [3.05, 3.63) is 82.6 Å². The Kier molecular flexibility index (Phi) is 9.67. The van der Waals surface area contributed by atoms with Crippen LogP contribution in [0.4, 0.5) is 11.9 Å². The predicted molar refractivity (Wildman–Crippen MR) is 193 cm³/mol. The number of anilines is 2. The first kappa shape index (κ1) is 35.2. The summed E-state index contributed by atoms with van der Waals surface area (Å²) in [6, 6.07) is 8.07. The van der Waals surface area contributed by atoms with Gasteiger partial charge < -0.3 is 15.0 Å². The second-order valence-electron chi connectivity index (χ2n) is 12.0. The topological polar surface area (TPSA) is 212 Å². The monoisotopic (exact) mass is 706 g/mol. The van der Waals surface area contributed by atoms with E-state index in [4.69, 9.17) is 10.5 Å². The number of carbonyl (C=O) groups is 4. The molecule has 52 heavy (non-hydrogen) atoms. The van der Waals surface area contributed by atoms with Crippen LogP contribution in [0, 0.1) is 13.8 Å². The zero-order chi connectivity index (χ0) is 37.3. The van der Waals surface area contributed by atoms with Gasteiger partial charge in [-0.3, -0.25) is 43.7 Å². The van der Waals surface area contributed by atoms with Crippen LogP contribution < -0.4 is 21.1 Å². The molecule has 5 aromatic heterocycles. The summed E-state index contributed by atoms with van der Waals surface area (Å²) in [5, 5.41) is 14.5. The number of aromatic nitrogens is 9. The number of ether oxygens (including phenoxy) is 1. The van der Waals surface area contributed by atoms with Gasteiger partial charge in [0.15, 0.2) is 11.4 Å². The average molecular weight is 707 g/mol. The lowest BCUT2D eigenvalue weighted by atomic mass is 10.1. The van der Waals surface area contributed by atoms with Gasteiger partial charge in [-0.2, -0.15) is 10.2 Å². The molecule has 3 amide bonds. The number of hydrogen-bond donors (Lipinski definition) is 3. The van der Waals surface area contributed by atoms with Crippen molar-refractivity contribution in [1.29, 1.82) is 0 Å². The molecule has 0 radical (unpaired) electrons. The molecule has 17 heteroatoms. The fourth-order valence-corrected chi connectivity index (χ4v) is 5.90. The number of benzene rings is 1. The Labute approximate surface area is 297 Å². The first-order valence-corrected chi connectivity index (χ1v) is 16.5. The van der Waals surface area contributed by atoms with Gasteiger partial charge in [-0.15, -0.1) is 0 Å². The van der Waals surface area contributed by atoms with Gasteiger partial charge in [0.25, 0.3) is 11.8 Å². The number of Topliss-reactive ketones (excluding diaryl/α,β-unsaturated/α-hetero) is 1. The number of amides is 3. The minimum atomic E-state index is -0.656. The number of methoxy groups -OCH3 is 1. The van der Waals surface area contributed by atoms with Gasteiger partial charge in [0.1, 0.15) is 28.2 Å². The maximum absolute atomic E-state index is 13.5. The number of hydrogen-bond acceptors (Lipinski definition) is 10. The van der Waals surface area contributed by atoms with Gasteiger partial charge >= 0.3 is 0 Å². The van der Waals surface area contributed by atoms with Crippen LogP contribution in [0.5, 0.6) is 5.75 Å². The fraction of sp³-hybridized carbons (Fsp3) is 0.286. The molecule has 6 rings (SSSR count). The van der Waals surface area contributed by atoms with E-state index in [1.165, 1.54) is 32.4 Å². The van der Waals surface area contributed by atoms with Crippen LogP contribution >= 0.6 is 0 Å². The number of pyridine rings is 1. The molecular weight excluding hydrogens is 668 g/mol. The van der Waals surface area contributed by atoms with E-state index in [1.54, 1.807) is 43.6 Å². The minimum absolute atomic E-state index is 0.167. The molecule has 0 fully saturated rings. The molecule has 268 valence electrons. The number of rotatable bonds is 13. The summed E-state index contributed by atoms with van der Waals surface area (Å²) in [5.41, 5.74) is 10.1. The van der Waals surface area contributed by atoms with Crippen LogP contribution in [0.3, 0.4) is 0 Å². The van der Waals surface area contributed by atoms with Gasteiger partial charge in [0.05, 0.1) is 24.0 Å². The molecule has 0 aliphatic carbocycles. The number of nitrogens with zero attached hydrogens (tertiary/aromatic N) is 9. The first-order valence-electron chi connectivity index (χ1n) is 16.5. The number of allylic oxidation sites excluding steroid dienone is 2. The number of aryl methyl sites for hydroxylation is 4. The van der Waals surface area contributed by atoms with Crippen molar-refractivity contribution in [3.8, 4) is 5.75 Å². The van der Waals surface area contributed by atoms with Crippen LogP contribution in [-0.2, 0) is 26.2 Å². The Bertz CT molecular complexity index is 2410. The maximum Gasteiger partial charge on any atom is 0.276 e. The third kappa shape index (κ3) is 6.75. The first-order chi connectivity index (χ1) is 24.9. The van der Waals surface area contributed by atoms with Crippen molar-refractivity contribution >= 4 is 57.6 Å². The molecule has 0 spiro atoms. The molecule has 0 saturated heterocycles. The molecule has 0 atom stereocenters. The molecule has 6 aromatic rings. The van der Waals surface area contributed by atoms with Gasteiger partial charge in [-0.25, -0.2) is 15.0 Å². The lowest BCUT2D eigenvalue weighted by Gasteiger charge is -2.11. The van der Waals surface area contributed by atoms with E-state index in [-0.39, 0.29) is 36.3 Å². The lowest BCUT2D eigenvalue weighted by Crippen LogP contribution is -2.20. The van der Waals surface area contributed by atoms with E-state index in [0.717, 1.165) is 0 Å². The number of imidazole rings is 2. The summed E-state index contributed by atoms with van der Waals surface area (Å²) in [6.07, 6.45) is 5.16. The second kappa shape index (κ2) is 14.3. The molecule has 0 aliphatic rings. The number of ketones is 1. The number of nitrogens with two attached hydrogens (primary N) is 1. The molecule has 0 unspecified atom stereocenters. The molecular formula is C35H38N12O5. The Morgan fingerprint density at radius 1 is 0.788 bits per heavy atom. The van der Waals surface area contributed by atoms with E-state index in [9.17, 15) is 19.2 Å². The standard InChI is InChI=1S/C35H38N12O5/c1-7-46-26(13-19(3)42-46)32(50)40-34-38-24-15-22(30(36)49)17-28(52-6)29(24)44(34)11-9-10-12-45-31-25(16-23(18-37-31)21(5)48)39-35(45)41-33(51)27-14-20(4)43-47(27)8-2/h9-10,13-18H,7-8,11-12H2,1-6H3,(H2,36,49)(H,38,40,50)(H,39,41,51)/b10-9+. The van der Waals surface area contributed by atoms with Crippen molar-refractivity contribution in [1.82, 2.24) is 43.6 Å². The summed E-state index contributed by atoms with van der Waals surface area (Å²) in [6.45, 7) is 10.3. The van der Waals surface area contributed by atoms with Crippen LogP contribution in [0.25, 0.3) is 22.2 Å². The highest BCUT2D eigenvalue weighted by Gasteiger charge is 2.22. The molecule has 0 bridgehead atoms. The molecule has 17 nitrogen and oxygen atoms in total. The van der Waals surface area contributed by atoms with Gasteiger partial charge in [-0.1, -0.05) is 12.2 Å². The van der Waals surface area contributed by atoms with Crippen molar-refractivity contribution in [2.24, 2.45) is 5.73 Å². The summed E-state index contributed by atoms with van der Waals surface area (Å²) >= 11 is 0. The predicted octanol–water partition coefficient (Wildman–Crippen LogP) is 3.90. The average Bonchev–Trinajstić information content (AvgIpc) is 3.88. The summed E-state index contributed by atoms with van der Waals surface area (Å²) in [4.78, 5) is 64.9. The summed E-state index contributed by atoms with van der Waals surface area (Å²) < 4.78 is 12.3. The number of primary amides is 1. The summed E-state index contributed by atoms with van der Waals surface area (Å²) in [7, 11) is 1.47. The second-order valence-corrected chi connectivity index (χ2v) is 12.0. The van der Waals surface area contributed by atoms with Gasteiger partial charge in [0.2, 0.25) is 17.8 Å².